The molecule has 2 N–H and O–H groups in total. The molecule has 5 nitrogen and oxygen atoms in total. The number of benzene rings is 1. The molecule has 1 unspecified atom stereocenters. The lowest BCUT2D eigenvalue weighted by Crippen LogP contribution is -2.29. The molecule has 1 atom stereocenters. The smallest absolute Gasteiger partial charge is 0.339 e. The van der Waals surface area contributed by atoms with Gasteiger partial charge in [0.2, 0.25) is 0 Å². The Balaban J connectivity index is 1.78. The summed E-state index contributed by atoms with van der Waals surface area (Å²) >= 11 is 0. The van der Waals surface area contributed by atoms with E-state index in [1.54, 1.807) is 18.2 Å². The summed E-state index contributed by atoms with van der Waals surface area (Å²) in [4.78, 5) is 11.7. The summed E-state index contributed by atoms with van der Waals surface area (Å²) < 4.78 is 10.5. The molecule has 0 aliphatic heterocycles. The predicted octanol–water partition coefficient (Wildman–Crippen LogP) is 2.60. The Hall–Kier alpha value is -1.59. The molecule has 1 aromatic rings. The zero-order chi connectivity index (χ0) is 15.8. The molecule has 1 saturated carbocycles. The summed E-state index contributed by atoms with van der Waals surface area (Å²) in [5.74, 6) is -0.393. The number of carbonyl (C=O) groups excluding carboxylic acids is 1. The Morgan fingerprint density at radius 2 is 2.05 bits per heavy atom. The Labute approximate surface area is 131 Å². The molecule has 0 heterocycles. The van der Waals surface area contributed by atoms with E-state index >= 15 is 0 Å². The SMILES string of the molecule is COC(=O)c1ccccc1NCC(O)COC1CCCCC1. The van der Waals surface area contributed by atoms with E-state index in [0.29, 0.717) is 24.4 Å². The number of anilines is 1. The van der Waals surface area contributed by atoms with Crippen LogP contribution in [0.1, 0.15) is 42.5 Å². The molecule has 0 bridgehead atoms. The molecule has 1 fully saturated rings. The Bertz CT molecular complexity index is 471. The maximum Gasteiger partial charge on any atom is 0.339 e. The fourth-order valence-corrected chi connectivity index (χ4v) is 2.69. The van der Waals surface area contributed by atoms with Crippen molar-refractivity contribution in [1.29, 1.82) is 0 Å². The Morgan fingerprint density at radius 3 is 2.77 bits per heavy atom. The second kappa shape index (κ2) is 8.76. The van der Waals surface area contributed by atoms with Gasteiger partial charge in [-0.3, -0.25) is 0 Å². The minimum Gasteiger partial charge on any atom is -0.465 e. The molecule has 22 heavy (non-hydrogen) atoms. The first-order valence-electron chi connectivity index (χ1n) is 7.91. The largest absolute Gasteiger partial charge is 0.465 e. The maximum absolute atomic E-state index is 11.7. The number of hydrogen-bond donors (Lipinski definition) is 2. The van der Waals surface area contributed by atoms with E-state index in [-0.39, 0.29) is 6.10 Å². The third kappa shape index (κ3) is 5.00. The number of hydrogen-bond acceptors (Lipinski definition) is 5. The number of carbonyl (C=O) groups is 1. The van der Waals surface area contributed by atoms with Gasteiger partial charge < -0.3 is 19.9 Å². The van der Waals surface area contributed by atoms with Gasteiger partial charge in [0.15, 0.2) is 0 Å². The van der Waals surface area contributed by atoms with Crippen LogP contribution in [0.4, 0.5) is 5.69 Å². The van der Waals surface area contributed by atoms with E-state index < -0.39 is 12.1 Å². The van der Waals surface area contributed by atoms with E-state index in [1.807, 2.05) is 6.07 Å². The van der Waals surface area contributed by atoms with Crippen LogP contribution in [0.3, 0.4) is 0 Å². The first-order valence-corrected chi connectivity index (χ1v) is 7.91. The summed E-state index contributed by atoms with van der Waals surface area (Å²) in [6, 6.07) is 7.10. The van der Waals surface area contributed by atoms with Gasteiger partial charge >= 0.3 is 5.97 Å². The number of nitrogens with one attached hydrogen (secondary N) is 1. The van der Waals surface area contributed by atoms with Crippen LogP contribution in [0.5, 0.6) is 0 Å². The van der Waals surface area contributed by atoms with Crippen LogP contribution >= 0.6 is 0 Å². The normalized spacial score (nSPS) is 17.0. The third-order valence-electron chi connectivity index (χ3n) is 3.94. The van der Waals surface area contributed by atoms with Gasteiger partial charge in [-0.2, -0.15) is 0 Å². The van der Waals surface area contributed by atoms with Gasteiger partial charge in [-0.15, -0.1) is 0 Å². The van der Waals surface area contributed by atoms with Crippen molar-refractivity contribution >= 4 is 11.7 Å². The van der Waals surface area contributed by atoms with Crippen molar-refractivity contribution in [2.75, 3.05) is 25.6 Å². The van der Waals surface area contributed by atoms with Crippen molar-refractivity contribution in [2.24, 2.45) is 0 Å². The van der Waals surface area contributed by atoms with Crippen molar-refractivity contribution in [3.05, 3.63) is 29.8 Å². The summed E-state index contributed by atoms with van der Waals surface area (Å²) in [7, 11) is 1.35. The van der Waals surface area contributed by atoms with E-state index in [4.69, 9.17) is 9.47 Å². The molecule has 5 heteroatoms. The fraction of sp³-hybridized carbons (Fsp3) is 0.588. The fourth-order valence-electron chi connectivity index (χ4n) is 2.69. The highest BCUT2D eigenvalue weighted by Crippen LogP contribution is 2.20. The van der Waals surface area contributed by atoms with Crippen LogP contribution in [0, 0.1) is 0 Å². The molecule has 1 aromatic carbocycles. The Kier molecular flexibility index (Phi) is 6.68. The molecular formula is C17H25NO4. The Morgan fingerprint density at radius 1 is 1.32 bits per heavy atom. The molecule has 0 amide bonds. The zero-order valence-corrected chi connectivity index (χ0v) is 13.1. The number of rotatable bonds is 7. The summed E-state index contributed by atoms with van der Waals surface area (Å²) in [5, 5.41) is 13.1. The monoisotopic (exact) mass is 307 g/mol. The lowest BCUT2D eigenvalue weighted by Gasteiger charge is -2.23. The van der Waals surface area contributed by atoms with Gasteiger partial charge in [-0.1, -0.05) is 31.4 Å². The number of esters is 1. The van der Waals surface area contributed by atoms with Gasteiger partial charge in [-0.05, 0) is 25.0 Å². The average molecular weight is 307 g/mol. The molecular weight excluding hydrogens is 282 g/mol. The van der Waals surface area contributed by atoms with Gasteiger partial charge in [0.1, 0.15) is 0 Å². The topological polar surface area (TPSA) is 67.8 Å². The van der Waals surface area contributed by atoms with E-state index in [1.165, 1.54) is 26.4 Å². The van der Waals surface area contributed by atoms with Crippen molar-refractivity contribution in [3.63, 3.8) is 0 Å². The van der Waals surface area contributed by atoms with Crippen molar-refractivity contribution in [2.45, 2.75) is 44.3 Å². The second-order valence-corrected chi connectivity index (χ2v) is 5.67. The quantitative estimate of drug-likeness (QED) is 0.758. The molecule has 1 aliphatic rings. The minimum absolute atomic E-state index is 0.283. The zero-order valence-electron chi connectivity index (χ0n) is 13.1. The van der Waals surface area contributed by atoms with E-state index in [2.05, 4.69) is 5.32 Å². The number of ether oxygens (including phenoxy) is 2. The third-order valence-corrected chi connectivity index (χ3v) is 3.94. The molecule has 0 radical (unpaired) electrons. The van der Waals surface area contributed by atoms with Crippen LogP contribution in [-0.2, 0) is 9.47 Å². The van der Waals surface area contributed by atoms with Crippen molar-refractivity contribution in [3.8, 4) is 0 Å². The van der Waals surface area contributed by atoms with Gasteiger partial charge in [0.05, 0.1) is 31.5 Å². The van der Waals surface area contributed by atoms with E-state index in [0.717, 1.165) is 12.8 Å². The van der Waals surface area contributed by atoms with Gasteiger partial charge in [0.25, 0.3) is 0 Å². The van der Waals surface area contributed by atoms with Crippen LogP contribution in [-0.4, -0.2) is 43.5 Å². The molecule has 122 valence electrons. The second-order valence-electron chi connectivity index (χ2n) is 5.67. The number of aliphatic hydroxyl groups excluding tert-OH is 1. The number of methoxy groups -OCH3 is 1. The molecule has 2 rings (SSSR count). The maximum atomic E-state index is 11.7. The van der Waals surface area contributed by atoms with Crippen molar-refractivity contribution < 1.29 is 19.4 Å². The average Bonchev–Trinajstić information content (AvgIpc) is 2.58. The summed E-state index contributed by atoms with van der Waals surface area (Å²) in [5.41, 5.74) is 1.12. The highest BCUT2D eigenvalue weighted by atomic mass is 16.5. The summed E-state index contributed by atoms with van der Waals surface area (Å²) in [6.45, 7) is 0.652. The standard InChI is InChI=1S/C17H25NO4/c1-21-17(20)15-9-5-6-10-16(15)18-11-13(19)12-22-14-7-3-2-4-8-14/h5-6,9-10,13-14,18-19H,2-4,7-8,11-12H2,1H3. The highest BCUT2D eigenvalue weighted by Gasteiger charge is 2.16. The number of para-hydroxylation sites is 1. The van der Waals surface area contributed by atoms with Crippen molar-refractivity contribution in [1.82, 2.24) is 0 Å². The van der Waals surface area contributed by atoms with Crippen LogP contribution in [0.2, 0.25) is 0 Å². The molecule has 0 aromatic heterocycles. The first kappa shape index (κ1) is 16.8. The molecule has 0 saturated heterocycles. The minimum atomic E-state index is -0.604. The molecule has 1 aliphatic carbocycles. The van der Waals surface area contributed by atoms with Gasteiger partial charge in [-0.25, -0.2) is 4.79 Å². The van der Waals surface area contributed by atoms with Crippen LogP contribution in [0.25, 0.3) is 0 Å². The van der Waals surface area contributed by atoms with Gasteiger partial charge in [0, 0.05) is 12.2 Å². The highest BCUT2D eigenvalue weighted by molar-refractivity contribution is 5.95. The lowest BCUT2D eigenvalue weighted by atomic mass is 9.98. The van der Waals surface area contributed by atoms with Crippen LogP contribution < -0.4 is 5.32 Å². The molecule has 0 spiro atoms. The van der Waals surface area contributed by atoms with E-state index in [9.17, 15) is 9.90 Å². The predicted molar refractivity (Wildman–Crippen MR) is 85.1 cm³/mol. The lowest BCUT2D eigenvalue weighted by molar-refractivity contribution is -0.0195. The summed E-state index contributed by atoms with van der Waals surface area (Å²) in [6.07, 6.45) is 5.57. The van der Waals surface area contributed by atoms with Crippen LogP contribution in [0.15, 0.2) is 24.3 Å². The first-order chi connectivity index (χ1) is 10.7. The number of aliphatic hydroxyl groups is 1.